The predicted molar refractivity (Wildman–Crippen MR) is 105 cm³/mol. The van der Waals surface area contributed by atoms with Crippen LogP contribution in [0.2, 0.25) is 0 Å². The van der Waals surface area contributed by atoms with Crippen LogP contribution in [0.15, 0.2) is 0 Å². The number of amidine groups is 1. The molecule has 3 aliphatic rings. The molecule has 154 valence electrons. The molecule has 0 aromatic rings. The molecular formula is C22H35N4O2+. The zero-order valence-electron chi connectivity index (χ0n) is 17.5. The minimum absolute atomic E-state index is 0.352. The number of hydrogen-bond acceptors (Lipinski definition) is 5. The summed E-state index contributed by atoms with van der Waals surface area (Å²) in [5.74, 6) is -0.993. The highest BCUT2D eigenvalue weighted by Gasteiger charge is 3.03. The minimum atomic E-state index is -1.35. The average Bonchev–Trinajstić information content (AvgIpc) is 3.13. The summed E-state index contributed by atoms with van der Waals surface area (Å²) in [5, 5.41) is 20.9. The maximum atomic E-state index is 10.5. The summed E-state index contributed by atoms with van der Waals surface area (Å²) in [6, 6.07) is 5.03. The van der Waals surface area contributed by atoms with E-state index in [9.17, 15) is 10.5 Å². The number of nitrogens with one attached hydrogen (secondary N) is 1. The molecule has 1 aliphatic heterocycles. The van der Waals surface area contributed by atoms with E-state index >= 15 is 0 Å². The predicted octanol–water partition coefficient (Wildman–Crippen LogP) is 2.49. The van der Waals surface area contributed by atoms with Crippen LogP contribution in [0.4, 0.5) is 0 Å². The van der Waals surface area contributed by atoms with E-state index in [1.807, 2.05) is 13.8 Å². The molecule has 2 saturated carbocycles. The number of fused-ring (bicyclic) bond motifs is 3. The van der Waals surface area contributed by atoms with Gasteiger partial charge < -0.3 is 9.47 Å². The van der Waals surface area contributed by atoms with E-state index in [1.54, 1.807) is 0 Å². The van der Waals surface area contributed by atoms with Crippen molar-refractivity contribution in [3.63, 3.8) is 0 Å². The molecule has 28 heavy (non-hydrogen) atoms. The van der Waals surface area contributed by atoms with Crippen LogP contribution in [0.5, 0.6) is 0 Å². The van der Waals surface area contributed by atoms with Gasteiger partial charge in [0.05, 0.1) is 25.4 Å². The summed E-state index contributed by atoms with van der Waals surface area (Å²) in [4.78, 5) is 3.12. The Morgan fingerprint density at radius 3 is 1.71 bits per heavy atom. The van der Waals surface area contributed by atoms with E-state index in [1.165, 1.54) is 32.1 Å². The van der Waals surface area contributed by atoms with Crippen LogP contribution in [-0.2, 0) is 9.47 Å². The van der Waals surface area contributed by atoms with Gasteiger partial charge in [0.2, 0.25) is 0 Å². The Labute approximate surface area is 169 Å². The SMILES string of the molecule is CCOC1(OCC)[NH+]=C(N)[C@@]2(C#N)C3(CCCCCCCCCCC3)[C@@]12C#N. The lowest BCUT2D eigenvalue weighted by molar-refractivity contribution is -0.695. The zero-order chi connectivity index (χ0) is 20.3. The molecule has 1 spiro atoms. The fraction of sp³-hybridized carbons (Fsp3) is 0.864. The summed E-state index contributed by atoms with van der Waals surface area (Å²) in [5.41, 5.74) is 3.78. The Morgan fingerprint density at radius 1 is 0.857 bits per heavy atom. The zero-order valence-corrected chi connectivity index (χ0v) is 17.5. The van der Waals surface area contributed by atoms with Crippen LogP contribution in [-0.4, -0.2) is 25.0 Å². The highest BCUT2D eigenvalue weighted by molar-refractivity contribution is 5.95. The van der Waals surface area contributed by atoms with E-state index in [4.69, 9.17) is 15.2 Å². The molecule has 0 amide bonds. The second kappa shape index (κ2) is 8.01. The maximum absolute atomic E-state index is 10.5. The topological polar surface area (TPSA) is 106 Å². The number of nitriles is 2. The van der Waals surface area contributed by atoms with Crippen molar-refractivity contribution in [3.05, 3.63) is 0 Å². The van der Waals surface area contributed by atoms with Crippen molar-refractivity contribution in [3.8, 4) is 12.1 Å². The monoisotopic (exact) mass is 387 g/mol. The van der Waals surface area contributed by atoms with Crippen LogP contribution in [0.25, 0.3) is 0 Å². The van der Waals surface area contributed by atoms with Gasteiger partial charge in [0, 0.05) is 5.41 Å². The summed E-state index contributed by atoms with van der Waals surface area (Å²) < 4.78 is 12.1. The molecule has 0 bridgehead atoms. The van der Waals surface area contributed by atoms with Crippen LogP contribution >= 0.6 is 0 Å². The lowest BCUT2D eigenvalue weighted by atomic mass is 9.79. The van der Waals surface area contributed by atoms with Gasteiger partial charge in [0.1, 0.15) is 0 Å². The van der Waals surface area contributed by atoms with Gasteiger partial charge >= 0.3 is 5.91 Å². The van der Waals surface area contributed by atoms with E-state index in [0.717, 1.165) is 38.5 Å². The van der Waals surface area contributed by atoms with E-state index in [0.29, 0.717) is 19.0 Å². The number of ether oxygens (including phenoxy) is 2. The third kappa shape index (κ3) is 2.47. The molecule has 0 radical (unpaired) electrons. The van der Waals surface area contributed by atoms with Gasteiger partial charge in [0.15, 0.2) is 10.8 Å². The van der Waals surface area contributed by atoms with Crippen molar-refractivity contribution < 1.29 is 14.5 Å². The minimum Gasteiger partial charge on any atom is -0.314 e. The molecule has 3 N–H and O–H groups in total. The van der Waals surface area contributed by atoms with Gasteiger partial charge in [-0.2, -0.15) is 10.5 Å². The fourth-order valence-electron chi connectivity index (χ4n) is 6.30. The first-order valence-electron chi connectivity index (χ1n) is 11.1. The highest BCUT2D eigenvalue weighted by Crippen LogP contribution is 2.85. The number of hydrogen-bond donors (Lipinski definition) is 2. The van der Waals surface area contributed by atoms with Crippen molar-refractivity contribution in [2.45, 2.75) is 90.4 Å². The van der Waals surface area contributed by atoms with Crippen LogP contribution < -0.4 is 10.7 Å². The summed E-state index contributed by atoms with van der Waals surface area (Å²) in [6.07, 6.45) is 12.2. The van der Waals surface area contributed by atoms with Gasteiger partial charge in [-0.1, -0.05) is 57.8 Å². The lowest BCUT2D eigenvalue weighted by Gasteiger charge is -2.33. The highest BCUT2D eigenvalue weighted by atomic mass is 16.7. The second-order valence-corrected chi connectivity index (χ2v) is 8.51. The largest absolute Gasteiger partial charge is 0.343 e. The van der Waals surface area contributed by atoms with Crippen molar-refractivity contribution in [1.82, 2.24) is 0 Å². The van der Waals surface area contributed by atoms with Crippen molar-refractivity contribution >= 4 is 5.84 Å². The first-order valence-corrected chi connectivity index (χ1v) is 11.1. The molecule has 0 aromatic carbocycles. The van der Waals surface area contributed by atoms with Crippen LogP contribution in [0.1, 0.15) is 84.5 Å². The standard InChI is InChI=1S/C22H34N4O2/c1-3-27-22(28-4-2)21(17-24)19(20(21,16-23)18(25)26-22)14-12-10-8-6-5-7-9-11-13-15-19/h3-15H2,1-2H3,(H2,25,26)/p+1/t20-,21+/m0/s1. The molecule has 3 rings (SSSR count). The molecule has 2 aliphatic carbocycles. The molecule has 6 nitrogen and oxygen atoms in total. The first-order chi connectivity index (χ1) is 13.6. The molecule has 1 heterocycles. The molecular weight excluding hydrogens is 352 g/mol. The smallest absolute Gasteiger partial charge is 0.314 e. The van der Waals surface area contributed by atoms with E-state index in [2.05, 4.69) is 17.1 Å². The summed E-state index contributed by atoms with van der Waals surface area (Å²) in [6.45, 7) is 4.51. The first kappa shape index (κ1) is 21.1. The van der Waals surface area contributed by atoms with E-state index in [-0.39, 0.29) is 0 Å². The van der Waals surface area contributed by atoms with Crippen molar-refractivity contribution in [2.75, 3.05) is 13.2 Å². The van der Waals surface area contributed by atoms with Crippen molar-refractivity contribution in [1.29, 1.82) is 10.5 Å². The molecule has 2 atom stereocenters. The Hall–Kier alpha value is -1.63. The summed E-state index contributed by atoms with van der Waals surface area (Å²) in [7, 11) is 0. The normalized spacial score (nSPS) is 34.2. The van der Waals surface area contributed by atoms with Crippen LogP contribution in [0.3, 0.4) is 0 Å². The molecule has 0 unspecified atom stereocenters. The van der Waals surface area contributed by atoms with Crippen LogP contribution in [0, 0.1) is 38.9 Å². The number of rotatable bonds is 4. The van der Waals surface area contributed by atoms with Gasteiger partial charge in [-0.25, -0.2) is 4.99 Å². The Bertz CT molecular complexity index is 674. The molecule has 6 heteroatoms. The van der Waals surface area contributed by atoms with Gasteiger partial charge in [-0.3, -0.25) is 5.73 Å². The van der Waals surface area contributed by atoms with Gasteiger partial charge in [-0.15, -0.1) is 0 Å². The Balaban J connectivity index is 2.06. The van der Waals surface area contributed by atoms with Gasteiger partial charge in [0.25, 0.3) is 5.84 Å². The molecule has 0 aromatic heterocycles. The third-order valence-corrected chi connectivity index (χ3v) is 7.37. The van der Waals surface area contributed by atoms with Gasteiger partial charge in [-0.05, 0) is 26.7 Å². The number of nitrogens with zero attached hydrogens (tertiary/aromatic N) is 2. The fourth-order valence-corrected chi connectivity index (χ4v) is 6.30. The maximum Gasteiger partial charge on any atom is 0.343 e. The Morgan fingerprint density at radius 2 is 1.32 bits per heavy atom. The molecule has 0 saturated heterocycles. The quantitative estimate of drug-likeness (QED) is 0.721. The lowest BCUT2D eigenvalue weighted by Crippen LogP contribution is -2.91. The molecule has 2 fully saturated rings. The van der Waals surface area contributed by atoms with Crippen molar-refractivity contribution in [2.24, 2.45) is 22.0 Å². The third-order valence-electron chi connectivity index (χ3n) is 7.37. The average molecular weight is 388 g/mol. The Kier molecular flexibility index (Phi) is 6.03. The van der Waals surface area contributed by atoms with E-state index < -0.39 is 22.2 Å². The summed E-state index contributed by atoms with van der Waals surface area (Å²) >= 11 is 0. The number of nitrogens with two attached hydrogens (primary N) is 1. The second-order valence-electron chi connectivity index (χ2n) is 8.51.